The van der Waals surface area contributed by atoms with Crippen molar-refractivity contribution in [3.05, 3.63) is 41.7 Å². The van der Waals surface area contributed by atoms with Crippen LogP contribution in [0.2, 0.25) is 0 Å². The SMILES string of the molecule is C=C(C)CN(C)c1ccc(C=O)cc1F. The van der Waals surface area contributed by atoms with E-state index < -0.39 is 0 Å². The average molecular weight is 207 g/mol. The number of aldehydes is 1. The maximum Gasteiger partial charge on any atom is 0.150 e. The van der Waals surface area contributed by atoms with E-state index in [2.05, 4.69) is 6.58 Å². The van der Waals surface area contributed by atoms with Gasteiger partial charge in [0.2, 0.25) is 0 Å². The summed E-state index contributed by atoms with van der Waals surface area (Å²) in [6.45, 7) is 6.24. The van der Waals surface area contributed by atoms with Gasteiger partial charge in [-0.1, -0.05) is 12.2 Å². The lowest BCUT2D eigenvalue weighted by molar-refractivity contribution is 0.112. The minimum Gasteiger partial charge on any atom is -0.368 e. The molecule has 0 bridgehead atoms. The van der Waals surface area contributed by atoms with Crippen molar-refractivity contribution in [2.45, 2.75) is 6.92 Å². The molecule has 1 aromatic carbocycles. The molecule has 0 aliphatic heterocycles. The van der Waals surface area contributed by atoms with Crippen molar-refractivity contribution in [2.24, 2.45) is 0 Å². The molecule has 0 saturated heterocycles. The highest BCUT2D eigenvalue weighted by Crippen LogP contribution is 2.19. The Morgan fingerprint density at radius 2 is 2.27 bits per heavy atom. The molecule has 2 nitrogen and oxygen atoms in total. The number of hydrogen-bond donors (Lipinski definition) is 0. The van der Waals surface area contributed by atoms with Gasteiger partial charge in [-0.25, -0.2) is 4.39 Å². The van der Waals surface area contributed by atoms with Gasteiger partial charge < -0.3 is 4.90 Å². The molecule has 0 radical (unpaired) electrons. The van der Waals surface area contributed by atoms with Gasteiger partial charge in [0.1, 0.15) is 12.1 Å². The van der Waals surface area contributed by atoms with Crippen LogP contribution in [0.15, 0.2) is 30.4 Å². The first-order valence-corrected chi connectivity index (χ1v) is 4.65. The molecule has 1 rings (SSSR count). The van der Waals surface area contributed by atoms with E-state index in [0.717, 1.165) is 5.57 Å². The molecule has 15 heavy (non-hydrogen) atoms. The number of carbonyl (C=O) groups excluding carboxylic acids is 1. The van der Waals surface area contributed by atoms with E-state index in [1.165, 1.54) is 6.07 Å². The number of rotatable bonds is 4. The zero-order valence-electron chi connectivity index (χ0n) is 8.96. The Hall–Kier alpha value is -1.64. The summed E-state index contributed by atoms with van der Waals surface area (Å²) in [6, 6.07) is 4.43. The van der Waals surface area contributed by atoms with E-state index >= 15 is 0 Å². The topological polar surface area (TPSA) is 20.3 Å². The number of benzene rings is 1. The number of hydrogen-bond acceptors (Lipinski definition) is 2. The monoisotopic (exact) mass is 207 g/mol. The van der Waals surface area contributed by atoms with E-state index in [1.54, 1.807) is 24.1 Å². The largest absolute Gasteiger partial charge is 0.368 e. The standard InChI is InChI=1S/C12H14FNO/c1-9(2)7-14(3)12-5-4-10(8-15)6-11(12)13/h4-6,8H,1,7H2,2-3H3. The maximum absolute atomic E-state index is 13.5. The lowest BCUT2D eigenvalue weighted by Crippen LogP contribution is -2.20. The third-order valence-corrected chi connectivity index (χ3v) is 2.03. The Balaban J connectivity index is 2.94. The fraction of sp³-hybridized carbons (Fsp3) is 0.250. The van der Waals surface area contributed by atoms with Gasteiger partial charge >= 0.3 is 0 Å². The van der Waals surface area contributed by atoms with Crippen molar-refractivity contribution in [2.75, 3.05) is 18.5 Å². The van der Waals surface area contributed by atoms with Crippen LogP contribution >= 0.6 is 0 Å². The summed E-state index contributed by atoms with van der Waals surface area (Å²) in [5.41, 5.74) is 1.78. The van der Waals surface area contributed by atoms with Crippen LogP contribution in [-0.4, -0.2) is 19.9 Å². The normalized spacial score (nSPS) is 9.80. The third-order valence-electron chi connectivity index (χ3n) is 2.03. The van der Waals surface area contributed by atoms with Crippen LogP contribution in [-0.2, 0) is 0 Å². The van der Waals surface area contributed by atoms with E-state index in [9.17, 15) is 9.18 Å². The number of halogens is 1. The van der Waals surface area contributed by atoms with Gasteiger partial charge in [0, 0.05) is 19.2 Å². The lowest BCUT2D eigenvalue weighted by atomic mass is 10.2. The summed E-state index contributed by atoms with van der Waals surface area (Å²) in [4.78, 5) is 12.2. The molecule has 0 aromatic heterocycles. The molecule has 80 valence electrons. The highest BCUT2D eigenvalue weighted by atomic mass is 19.1. The Morgan fingerprint density at radius 1 is 1.60 bits per heavy atom. The van der Waals surface area contributed by atoms with E-state index in [4.69, 9.17) is 0 Å². The zero-order chi connectivity index (χ0) is 11.4. The van der Waals surface area contributed by atoms with Gasteiger partial charge in [-0.05, 0) is 25.1 Å². The van der Waals surface area contributed by atoms with Crippen LogP contribution in [0.5, 0.6) is 0 Å². The minimum absolute atomic E-state index is 0.347. The number of likely N-dealkylation sites (N-methyl/N-ethyl adjacent to an activating group) is 1. The molecular formula is C12H14FNO. The van der Waals surface area contributed by atoms with Crippen molar-refractivity contribution in [1.29, 1.82) is 0 Å². The first-order valence-electron chi connectivity index (χ1n) is 4.65. The number of carbonyl (C=O) groups is 1. The fourth-order valence-corrected chi connectivity index (χ4v) is 1.40. The maximum atomic E-state index is 13.5. The molecule has 0 aliphatic rings. The first-order chi connectivity index (χ1) is 7.04. The summed E-state index contributed by atoms with van der Waals surface area (Å²) in [7, 11) is 1.79. The van der Waals surface area contributed by atoms with Gasteiger partial charge in [-0.3, -0.25) is 4.79 Å². The second-order valence-electron chi connectivity index (χ2n) is 3.64. The molecule has 1 aromatic rings. The second-order valence-corrected chi connectivity index (χ2v) is 3.64. The van der Waals surface area contributed by atoms with Crippen molar-refractivity contribution in [3.8, 4) is 0 Å². The van der Waals surface area contributed by atoms with Crippen molar-refractivity contribution in [1.82, 2.24) is 0 Å². The molecule has 0 unspecified atom stereocenters. The van der Waals surface area contributed by atoms with E-state index in [-0.39, 0.29) is 5.82 Å². The van der Waals surface area contributed by atoms with Gasteiger partial charge in [-0.2, -0.15) is 0 Å². The molecular weight excluding hydrogens is 193 g/mol. The van der Waals surface area contributed by atoms with Gasteiger partial charge in [0.25, 0.3) is 0 Å². The molecule has 0 aliphatic carbocycles. The lowest BCUT2D eigenvalue weighted by Gasteiger charge is -2.19. The van der Waals surface area contributed by atoms with Crippen molar-refractivity contribution in [3.63, 3.8) is 0 Å². The molecule has 0 spiro atoms. The number of anilines is 1. The molecule has 0 atom stereocenters. The highest BCUT2D eigenvalue weighted by molar-refractivity contribution is 5.75. The molecule has 0 N–H and O–H groups in total. The summed E-state index contributed by atoms with van der Waals surface area (Å²) in [5, 5.41) is 0. The Bertz CT molecular complexity index is 387. The molecule has 0 saturated carbocycles. The van der Waals surface area contributed by atoms with Crippen LogP contribution in [0.4, 0.5) is 10.1 Å². The van der Waals surface area contributed by atoms with Crippen LogP contribution < -0.4 is 4.90 Å². The third kappa shape index (κ3) is 2.91. The average Bonchev–Trinajstić information content (AvgIpc) is 2.16. The first kappa shape index (κ1) is 11.4. The van der Waals surface area contributed by atoms with E-state index in [1.807, 2.05) is 6.92 Å². The number of nitrogens with zero attached hydrogens (tertiary/aromatic N) is 1. The smallest absolute Gasteiger partial charge is 0.150 e. The van der Waals surface area contributed by atoms with Crippen molar-refractivity contribution >= 4 is 12.0 Å². The minimum atomic E-state index is -0.386. The van der Waals surface area contributed by atoms with Crippen molar-refractivity contribution < 1.29 is 9.18 Å². The Labute approximate surface area is 89.0 Å². The molecule has 0 heterocycles. The Morgan fingerprint density at radius 3 is 2.73 bits per heavy atom. The highest BCUT2D eigenvalue weighted by Gasteiger charge is 2.07. The predicted octanol–water partition coefficient (Wildman–Crippen LogP) is 2.65. The van der Waals surface area contributed by atoms with Gasteiger partial charge in [0.15, 0.2) is 0 Å². The summed E-state index contributed by atoms with van der Waals surface area (Å²) >= 11 is 0. The molecule has 0 amide bonds. The summed E-state index contributed by atoms with van der Waals surface area (Å²) in [5.74, 6) is -0.386. The molecule has 0 fully saturated rings. The summed E-state index contributed by atoms with van der Waals surface area (Å²) < 4.78 is 13.5. The second kappa shape index (κ2) is 4.73. The van der Waals surface area contributed by atoms with Gasteiger partial charge in [0.05, 0.1) is 5.69 Å². The van der Waals surface area contributed by atoms with E-state index in [0.29, 0.717) is 24.1 Å². The van der Waals surface area contributed by atoms with Gasteiger partial charge in [-0.15, -0.1) is 0 Å². The predicted molar refractivity (Wildman–Crippen MR) is 59.9 cm³/mol. The van der Waals surface area contributed by atoms with Crippen LogP contribution in [0.25, 0.3) is 0 Å². The van der Waals surface area contributed by atoms with Crippen LogP contribution in [0.1, 0.15) is 17.3 Å². The summed E-state index contributed by atoms with van der Waals surface area (Å²) in [6.07, 6.45) is 0.631. The Kier molecular flexibility index (Phi) is 3.61. The zero-order valence-corrected chi connectivity index (χ0v) is 8.96. The van der Waals surface area contributed by atoms with Crippen LogP contribution in [0, 0.1) is 5.82 Å². The fourth-order valence-electron chi connectivity index (χ4n) is 1.40. The quantitative estimate of drug-likeness (QED) is 0.558. The molecule has 3 heteroatoms. The van der Waals surface area contributed by atoms with Crippen LogP contribution in [0.3, 0.4) is 0 Å².